The Morgan fingerprint density at radius 1 is 1.55 bits per heavy atom. The summed E-state index contributed by atoms with van der Waals surface area (Å²) in [7, 11) is 1.68. The molecular formula is C13H15N3O4. The Balaban J connectivity index is 2.21. The van der Waals surface area contributed by atoms with Gasteiger partial charge in [-0.3, -0.25) is 9.48 Å². The third kappa shape index (κ3) is 2.71. The van der Waals surface area contributed by atoms with Gasteiger partial charge in [0.2, 0.25) is 0 Å². The maximum absolute atomic E-state index is 12.1. The lowest BCUT2D eigenvalue weighted by Crippen LogP contribution is -2.33. The molecule has 7 nitrogen and oxygen atoms in total. The van der Waals surface area contributed by atoms with E-state index in [9.17, 15) is 14.7 Å². The third-order valence-electron chi connectivity index (χ3n) is 2.89. The first kappa shape index (κ1) is 13.9. The van der Waals surface area contributed by atoms with Crippen LogP contribution in [-0.2, 0) is 18.3 Å². The highest BCUT2D eigenvalue weighted by Crippen LogP contribution is 2.16. The van der Waals surface area contributed by atoms with Gasteiger partial charge in [0.1, 0.15) is 5.76 Å². The Morgan fingerprint density at radius 3 is 2.85 bits per heavy atom. The number of carboxylic acid groups (broad SMARTS) is 1. The van der Waals surface area contributed by atoms with Gasteiger partial charge < -0.3 is 14.8 Å². The molecule has 2 aromatic heterocycles. The van der Waals surface area contributed by atoms with Crippen molar-refractivity contribution >= 4 is 11.9 Å². The number of carboxylic acids is 1. The number of aryl methyl sites for hydroxylation is 2. The SMILES string of the molecule is CCc1occc1C(=O)NC(C(=O)O)c1cnn(C)c1. The first-order chi connectivity index (χ1) is 9.52. The van der Waals surface area contributed by atoms with E-state index in [-0.39, 0.29) is 0 Å². The minimum Gasteiger partial charge on any atom is -0.479 e. The molecule has 0 radical (unpaired) electrons. The van der Waals surface area contributed by atoms with Crippen molar-refractivity contribution in [1.82, 2.24) is 15.1 Å². The number of nitrogens with one attached hydrogen (secondary N) is 1. The van der Waals surface area contributed by atoms with Crippen LogP contribution < -0.4 is 5.32 Å². The number of carbonyl (C=O) groups is 2. The predicted octanol–water partition coefficient (Wildman–Crippen LogP) is 1.13. The lowest BCUT2D eigenvalue weighted by molar-refractivity contribution is -0.139. The molecule has 0 saturated carbocycles. The fraction of sp³-hybridized carbons (Fsp3) is 0.308. The Morgan fingerprint density at radius 2 is 2.30 bits per heavy atom. The molecule has 0 bridgehead atoms. The van der Waals surface area contributed by atoms with Crippen LogP contribution in [0.3, 0.4) is 0 Å². The average molecular weight is 277 g/mol. The van der Waals surface area contributed by atoms with Crippen LogP contribution in [0.1, 0.15) is 34.6 Å². The second kappa shape index (κ2) is 5.60. The van der Waals surface area contributed by atoms with Crippen molar-refractivity contribution in [3.63, 3.8) is 0 Å². The summed E-state index contributed by atoms with van der Waals surface area (Å²) in [5.41, 5.74) is 0.762. The molecule has 1 atom stereocenters. The zero-order valence-electron chi connectivity index (χ0n) is 11.2. The van der Waals surface area contributed by atoms with E-state index in [0.717, 1.165) is 0 Å². The number of furan rings is 1. The number of carbonyl (C=O) groups excluding carboxylic acids is 1. The van der Waals surface area contributed by atoms with Gasteiger partial charge in [0, 0.05) is 25.2 Å². The van der Waals surface area contributed by atoms with Gasteiger partial charge >= 0.3 is 5.97 Å². The van der Waals surface area contributed by atoms with Gasteiger partial charge in [-0.05, 0) is 6.07 Å². The van der Waals surface area contributed by atoms with E-state index in [1.165, 1.54) is 23.2 Å². The minimum absolute atomic E-state index is 0.350. The summed E-state index contributed by atoms with van der Waals surface area (Å²) >= 11 is 0. The smallest absolute Gasteiger partial charge is 0.331 e. The Hall–Kier alpha value is -2.57. The largest absolute Gasteiger partial charge is 0.479 e. The minimum atomic E-state index is -1.15. The molecule has 7 heteroatoms. The van der Waals surface area contributed by atoms with Gasteiger partial charge in [-0.15, -0.1) is 0 Å². The van der Waals surface area contributed by atoms with Crippen molar-refractivity contribution in [2.75, 3.05) is 0 Å². The van der Waals surface area contributed by atoms with Crippen LogP contribution in [0, 0.1) is 0 Å². The van der Waals surface area contributed by atoms with Gasteiger partial charge in [-0.1, -0.05) is 6.92 Å². The summed E-state index contributed by atoms with van der Waals surface area (Å²) in [6.45, 7) is 1.85. The fourth-order valence-electron chi connectivity index (χ4n) is 1.90. The number of nitrogens with zero attached hydrogens (tertiary/aromatic N) is 2. The summed E-state index contributed by atoms with van der Waals surface area (Å²) in [5.74, 6) is -1.10. The van der Waals surface area contributed by atoms with Crippen LogP contribution >= 0.6 is 0 Å². The van der Waals surface area contributed by atoms with E-state index in [1.807, 2.05) is 6.92 Å². The Kier molecular flexibility index (Phi) is 3.88. The molecule has 0 aliphatic carbocycles. The summed E-state index contributed by atoms with van der Waals surface area (Å²) < 4.78 is 6.64. The van der Waals surface area contributed by atoms with E-state index < -0.39 is 17.9 Å². The van der Waals surface area contributed by atoms with Crippen molar-refractivity contribution in [1.29, 1.82) is 0 Å². The topological polar surface area (TPSA) is 97.4 Å². The van der Waals surface area contributed by atoms with E-state index >= 15 is 0 Å². The van der Waals surface area contributed by atoms with Crippen molar-refractivity contribution in [2.24, 2.45) is 7.05 Å². The first-order valence-corrected chi connectivity index (χ1v) is 6.11. The van der Waals surface area contributed by atoms with Gasteiger partial charge in [0.05, 0.1) is 18.0 Å². The molecule has 1 amide bonds. The third-order valence-corrected chi connectivity index (χ3v) is 2.89. The molecule has 0 aliphatic heterocycles. The summed E-state index contributed by atoms with van der Waals surface area (Å²) in [4.78, 5) is 23.4. The van der Waals surface area contributed by atoms with Crippen molar-refractivity contribution in [3.8, 4) is 0 Å². The average Bonchev–Trinajstić information content (AvgIpc) is 3.03. The van der Waals surface area contributed by atoms with E-state index in [0.29, 0.717) is 23.3 Å². The van der Waals surface area contributed by atoms with E-state index in [2.05, 4.69) is 10.4 Å². The summed E-state index contributed by atoms with van der Waals surface area (Å²) in [6, 6.07) is 0.381. The lowest BCUT2D eigenvalue weighted by atomic mass is 10.1. The molecule has 0 spiro atoms. The lowest BCUT2D eigenvalue weighted by Gasteiger charge is -2.12. The van der Waals surface area contributed by atoms with Gasteiger partial charge in [0.15, 0.2) is 6.04 Å². The second-order valence-electron chi connectivity index (χ2n) is 4.30. The van der Waals surface area contributed by atoms with Crippen LogP contribution in [0.2, 0.25) is 0 Å². The highest BCUT2D eigenvalue weighted by Gasteiger charge is 2.25. The van der Waals surface area contributed by atoms with Crippen LogP contribution in [0.15, 0.2) is 29.1 Å². The molecule has 0 saturated heterocycles. The molecule has 1 unspecified atom stereocenters. The van der Waals surface area contributed by atoms with Crippen molar-refractivity contribution in [2.45, 2.75) is 19.4 Å². The molecule has 0 fully saturated rings. The molecule has 0 aliphatic rings. The van der Waals surface area contributed by atoms with Crippen molar-refractivity contribution < 1.29 is 19.1 Å². The monoisotopic (exact) mass is 277 g/mol. The van der Waals surface area contributed by atoms with Crippen molar-refractivity contribution in [3.05, 3.63) is 41.6 Å². The Labute approximate surface area is 115 Å². The summed E-state index contributed by atoms with van der Waals surface area (Å²) in [6.07, 6.45) is 4.93. The standard InChI is InChI=1S/C13H15N3O4/c1-3-10-9(4-5-20-10)12(17)15-11(13(18)19)8-6-14-16(2)7-8/h4-7,11H,3H2,1-2H3,(H,15,17)(H,18,19). The Bertz CT molecular complexity index is 629. The number of amides is 1. The van der Waals surface area contributed by atoms with Gasteiger partial charge in [0.25, 0.3) is 5.91 Å². The normalized spacial score (nSPS) is 12.1. The predicted molar refractivity (Wildman–Crippen MR) is 69.1 cm³/mol. The highest BCUT2D eigenvalue weighted by atomic mass is 16.4. The number of rotatable bonds is 5. The first-order valence-electron chi connectivity index (χ1n) is 6.11. The number of aromatic nitrogens is 2. The molecule has 2 aromatic rings. The van der Waals surface area contributed by atoms with Gasteiger partial charge in [-0.2, -0.15) is 5.10 Å². The summed E-state index contributed by atoms with van der Waals surface area (Å²) in [5, 5.41) is 15.6. The fourth-order valence-corrected chi connectivity index (χ4v) is 1.90. The molecule has 20 heavy (non-hydrogen) atoms. The zero-order valence-corrected chi connectivity index (χ0v) is 11.2. The van der Waals surface area contributed by atoms with Gasteiger partial charge in [-0.25, -0.2) is 4.79 Å². The molecule has 0 aromatic carbocycles. The molecule has 2 heterocycles. The second-order valence-corrected chi connectivity index (χ2v) is 4.30. The quantitative estimate of drug-likeness (QED) is 0.853. The zero-order chi connectivity index (χ0) is 14.7. The maximum Gasteiger partial charge on any atom is 0.331 e. The van der Waals surface area contributed by atoms with Crippen LogP contribution in [-0.4, -0.2) is 26.8 Å². The van der Waals surface area contributed by atoms with E-state index in [1.54, 1.807) is 13.2 Å². The number of hydrogen-bond donors (Lipinski definition) is 2. The van der Waals surface area contributed by atoms with Crippen LogP contribution in [0.4, 0.5) is 0 Å². The molecular weight excluding hydrogens is 262 g/mol. The number of aliphatic carboxylic acids is 1. The van der Waals surface area contributed by atoms with Crippen LogP contribution in [0.5, 0.6) is 0 Å². The highest BCUT2D eigenvalue weighted by molar-refractivity contribution is 5.97. The van der Waals surface area contributed by atoms with Crippen LogP contribution in [0.25, 0.3) is 0 Å². The maximum atomic E-state index is 12.1. The molecule has 2 rings (SSSR count). The number of hydrogen-bond acceptors (Lipinski definition) is 4. The molecule has 106 valence electrons. The molecule has 2 N–H and O–H groups in total. The van der Waals surface area contributed by atoms with E-state index in [4.69, 9.17) is 4.42 Å².